The Morgan fingerprint density at radius 3 is 1.82 bits per heavy atom. The van der Waals surface area contributed by atoms with Gasteiger partial charge in [-0.05, 0) is 123 Å². The monoisotopic (exact) mass is 734 g/mol. The molecule has 8 aromatic carbocycles. The van der Waals surface area contributed by atoms with Crippen LogP contribution >= 0.6 is 0 Å². The summed E-state index contributed by atoms with van der Waals surface area (Å²) in [4.78, 5) is 0. The van der Waals surface area contributed by atoms with Crippen LogP contribution in [0.2, 0.25) is 0 Å². The van der Waals surface area contributed by atoms with Crippen molar-refractivity contribution in [2.75, 3.05) is 0 Å². The second-order valence-electron chi connectivity index (χ2n) is 17.6. The SMILES string of the molecule is CC1(C)CCC(C)(C)c2cc3c(cc21)c1cc2c(cc1n3-c1ccccc1)c1c3ccccc3ccc1n2-c1ccc(-c2cccc3oc4ccccc4c23)cc1. The summed E-state index contributed by atoms with van der Waals surface area (Å²) in [6, 6.07) is 58.3. The third kappa shape index (κ3) is 4.60. The molecule has 0 spiro atoms. The number of hydrogen-bond donors (Lipinski definition) is 0. The highest BCUT2D eigenvalue weighted by atomic mass is 16.3. The molecular weight excluding hydrogens is 693 g/mol. The Morgan fingerprint density at radius 1 is 0.421 bits per heavy atom. The predicted octanol–water partition coefficient (Wildman–Crippen LogP) is 14.9. The molecule has 0 atom stereocenters. The van der Waals surface area contributed by atoms with Crippen LogP contribution in [0.15, 0.2) is 162 Å². The summed E-state index contributed by atoms with van der Waals surface area (Å²) in [5.74, 6) is 0. The number of hydrogen-bond acceptors (Lipinski definition) is 1. The van der Waals surface area contributed by atoms with Gasteiger partial charge in [0.15, 0.2) is 0 Å². The number of fused-ring (bicyclic) bond motifs is 12. The maximum atomic E-state index is 6.27. The van der Waals surface area contributed by atoms with Crippen molar-refractivity contribution in [1.29, 1.82) is 0 Å². The first-order valence-corrected chi connectivity index (χ1v) is 20.3. The second kappa shape index (κ2) is 11.5. The van der Waals surface area contributed by atoms with Crippen LogP contribution < -0.4 is 0 Å². The van der Waals surface area contributed by atoms with Gasteiger partial charge in [-0.3, -0.25) is 0 Å². The second-order valence-corrected chi connectivity index (χ2v) is 17.6. The summed E-state index contributed by atoms with van der Waals surface area (Å²) in [5.41, 5.74) is 14.6. The van der Waals surface area contributed by atoms with Crippen molar-refractivity contribution in [3.05, 3.63) is 169 Å². The first-order chi connectivity index (χ1) is 27.7. The van der Waals surface area contributed by atoms with Gasteiger partial charge in [-0.2, -0.15) is 0 Å². The number of furan rings is 1. The Hall–Kier alpha value is -6.58. The number of nitrogens with zero attached hydrogens (tertiary/aromatic N) is 2. The van der Waals surface area contributed by atoms with Crippen LogP contribution in [0.5, 0.6) is 0 Å². The summed E-state index contributed by atoms with van der Waals surface area (Å²) in [5, 5.41) is 9.98. The minimum atomic E-state index is 0.104. The van der Waals surface area contributed by atoms with Gasteiger partial charge in [-0.25, -0.2) is 0 Å². The molecule has 3 nitrogen and oxygen atoms in total. The van der Waals surface area contributed by atoms with Gasteiger partial charge in [0, 0.05) is 43.7 Å². The van der Waals surface area contributed by atoms with E-state index in [-0.39, 0.29) is 10.8 Å². The van der Waals surface area contributed by atoms with E-state index in [1.807, 2.05) is 6.07 Å². The molecule has 11 aromatic rings. The Labute approximate surface area is 331 Å². The van der Waals surface area contributed by atoms with Crippen LogP contribution in [0.4, 0.5) is 0 Å². The molecule has 0 unspecified atom stereocenters. The number of para-hydroxylation sites is 2. The highest BCUT2D eigenvalue weighted by Crippen LogP contribution is 2.50. The molecule has 1 aliphatic rings. The topological polar surface area (TPSA) is 23.0 Å². The van der Waals surface area contributed by atoms with Crippen molar-refractivity contribution in [2.45, 2.75) is 51.4 Å². The molecule has 3 aromatic heterocycles. The first kappa shape index (κ1) is 32.6. The Bertz CT molecular complexity index is 3440. The lowest BCUT2D eigenvalue weighted by molar-refractivity contribution is 0.332. The fourth-order valence-electron chi connectivity index (χ4n) is 10.3. The molecule has 0 amide bonds. The van der Waals surface area contributed by atoms with Crippen molar-refractivity contribution in [3.8, 4) is 22.5 Å². The molecule has 3 heterocycles. The van der Waals surface area contributed by atoms with Crippen LogP contribution in [0.3, 0.4) is 0 Å². The number of aromatic nitrogens is 2. The zero-order valence-electron chi connectivity index (χ0n) is 32.7. The van der Waals surface area contributed by atoms with Gasteiger partial charge < -0.3 is 13.6 Å². The fraction of sp³-hybridized carbons (Fsp3) is 0.148. The molecule has 0 N–H and O–H groups in total. The first-order valence-electron chi connectivity index (χ1n) is 20.3. The maximum absolute atomic E-state index is 6.27. The molecule has 0 aliphatic heterocycles. The Morgan fingerprint density at radius 2 is 1.02 bits per heavy atom. The maximum Gasteiger partial charge on any atom is 0.136 e. The molecular formula is C54H42N2O. The highest BCUT2D eigenvalue weighted by Gasteiger charge is 2.38. The lowest BCUT2D eigenvalue weighted by Crippen LogP contribution is -2.33. The summed E-state index contributed by atoms with van der Waals surface area (Å²) in [6.45, 7) is 9.73. The number of benzene rings is 8. The van der Waals surface area contributed by atoms with E-state index in [4.69, 9.17) is 4.42 Å². The smallest absolute Gasteiger partial charge is 0.136 e. The quantitative estimate of drug-likeness (QED) is 0.177. The summed E-state index contributed by atoms with van der Waals surface area (Å²) in [6.07, 6.45) is 2.37. The van der Waals surface area contributed by atoms with E-state index in [0.717, 1.165) is 27.6 Å². The third-order valence-electron chi connectivity index (χ3n) is 13.4. The van der Waals surface area contributed by atoms with E-state index in [1.54, 1.807) is 0 Å². The minimum Gasteiger partial charge on any atom is -0.456 e. The summed E-state index contributed by atoms with van der Waals surface area (Å²) in [7, 11) is 0. The molecule has 3 heteroatoms. The van der Waals surface area contributed by atoms with Gasteiger partial charge in [0.25, 0.3) is 0 Å². The average Bonchev–Trinajstić information content (AvgIpc) is 3.89. The van der Waals surface area contributed by atoms with Crippen molar-refractivity contribution in [2.24, 2.45) is 0 Å². The van der Waals surface area contributed by atoms with Gasteiger partial charge in [-0.1, -0.05) is 119 Å². The van der Waals surface area contributed by atoms with Gasteiger partial charge in [0.1, 0.15) is 11.2 Å². The van der Waals surface area contributed by atoms with Crippen molar-refractivity contribution in [3.63, 3.8) is 0 Å². The van der Waals surface area contributed by atoms with E-state index < -0.39 is 0 Å². The fourth-order valence-corrected chi connectivity index (χ4v) is 10.3. The summed E-state index contributed by atoms with van der Waals surface area (Å²) >= 11 is 0. The molecule has 12 rings (SSSR count). The molecule has 0 fully saturated rings. The third-order valence-corrected chi connectivity index (χ3v) is 13.4. The standard InChI is InChI=1S/C54H42N2O/c1-53(2)27-28-54(3,4)44-32-48-40(29-43(44)53)41-30-47-42(31-46(41)56(48)35-14-6-5-7-15-35)51-37-16-9-8-13-33(37)23-26-45(51)55(47)36-24-21-34(22-25-36)38-18-12-20-50-52(38)39-17-10-11-19-49(39)57-50/h5-26,29-32H,27-28H2,1-4H3. The zero-order chi connectivity index (χ0) is 38.2. The van der Waals surface area contributed by atoms with Crippen molar-refractivity contribution in [1.82, 2.24) is 9.13 Å². The van der Waals surface area contributed by atoms with Crippen LogP contribution in [0, 0.1) is 0 Å². The van der Waals surface area contributed by atoms with Gasteiger partial charge >= 0.3 is 0 Å². The van der Waals surface area contributed by atoms with Crippen LogP contribution in [-0.2, 0) is 10.8 Å². The average molecular weight is 735 g/mol. The van der Waals surface area contributed by atoms with Gasteiger partial charge in [0.05, 0.1) is 22.1 Å². The lowest BCUT2D eigenvalue weighted by Gasteiger charge is -2.42. The predicted molar refractivity (Wildman–Crippen MR) is 241 cm³/mol. The highest BCUT2D eigenvalue weighted by molar-refractivity contribution is 6.25. The minimum absolute atomic E-state index is 0.104. The van der Waals surface area contributed by atoms with Crippen LogP contribution in [0.1, 0.15) is 51.7 Å². The molecule has 0 bridgehead atoms. The molecule has 274 valence electrons. The van der Waals surface area contributed by atoms with Crippen molar-refractivity contribution < 1.29 is 4.42 Å². The zero-order valence-corrected chi connectivity index (χ0v) is 32.7. The number of rotatable bonds is 3. The Kier molecular flexibility index (Phi) is 6.58. The molecule has 0 saturated carbocycles. The molecule has 57 heavy (non-hydrogen) atoms. The van der Waals surface area contributed by atoms with Crippen LogP contribution in [-0.4, -0.2) is 9.13 Å². The van der Waals surface area contributed by atoms with E-state index in [9.17, 15) is 0 Å². The van der Waals surface area contributed by atoms with Gasteiger partial charge in [0.2, 0.25) is 0 Å². The van der Waals surface area contributed by atoms with E-state index in [0.29, 0.717) is 0 Å². The molecule has 1 aliphatic carbocycles. The Balaban J connectivity index is 1.17. The molecule has 0 saturated heterocycles. The van der Waals surface area contributed by atoms with Crippen LogP contribution in [0.25, 0.3) is 98.8 Å². The van der Waals surface area contributed by atoms with E-state index >= 15 is 0 Å². The van der Waals surface area contributed by atoms with Gasteiger partial charge in [-0.15, -0.1) is 0 Å². The van der Waals surface area contributed by atoms with E-state index in [1.165, 1.54) is 95.2 Å². The lowest BCUT2D eigenvalue weighted by atomic mass is 9.63. The molecule has 0 radical (unpaired) electrons. The van der Waals surface area contributed by atoms with Crippen molar-refractivity contribution >= 4 is 76.3 Å². The largest absolute Gasteiger partial charge is 0.456 e. The summed E-state index contributed by atoms with van der Waals surface area (Å²) < 4.78 is 11.3. The normalized spacial score (nSPS) is 15.2. The van der Waals surface area contributed by atoms with E-state index in [2.05, 4.69) is 188 Å².